The number of methoxy groups -OCH3 is 1. The van der Waals surface area contributed by atoms with Gasteiger partial charge in [-0.15, -0.1) is 0 Å². The Morgan fingerprint density at radius 3 is 2.46 bits per heavy atom. The van der Waals surface area contributed by atoms with Crippen molar-refractivity contribution < 1.29 is 19.4 Å². The molecule has 2 rings (SSSR count). The quantitative estimate of drug-likeness (QED) is 0.872. The van der Waals surface area contributed by atoms with Crippen LogP contribution in [0.4, 0.5) is 0 Å². The summed E-state index contributed by atoms with van der Waals surface area (Å²) < 4.78 is 6.18. The van der Waals surface area contributed by atoms with E-state index in [0.29, 0.717) is 5.69 Å². The van der Waals surface area contributed by atoms with Crippen LogP contribution in [-0.2, 0) is 16.6 Å². The first-order valence-electron chi connectivity index (χ1n) is 7.77. The summed E-state index contributed by atoms with van der Waals surface area (Å²) in [6, 6.07) is 6.94. The van der Waals surface area contributed by atoms with E-state index in [1.807, 2.05) is 31.2 Å². The van der Waals surface area contributed by atoms with Crippen molar-refractivity contribution in [2.75, 3.05) is 13.7 Å². The first-order chi connectivity index (χ1) is 11.3. The second-order valence-corrected chi connectivity index (χ2v) is 5.46. The minimum atomic E-state index is -0.941. The lowest BCUT2D eigenvalue weighted by Crippen LogP contribution is -2.40. The van der Waals surface area contributed by atoms with Crippen molar-refractivity contribution in [3.05, 3.63) is 30.0 Å². The molecule has 0 fully saturated rings. The number of aryl methyl sites for hydroxylation is 1. The van der Waals surface area contributed by atoms with Gasteiger partial charge in [0.1, 0.15) is 0 Å². The summed E-state index contributed by atoms with van der Waals surface area (Å²) in [4.78, 5) is 23.1. The SMILES string of the molecule is CC(NC(=O)c1nn(C)c2ccccc12)C(C)C(=O)O.CCOC. The number of carbonyl (C=O) groups excluding carboxylic acids is 1. The maximum Gasteiger partial charge on any atom is 0.308 e. The normalized spacial score (nSPS) is 12.9. The van der Waals surface area contributed by atoms with Gasteiger partial charge in [-0.05, 0) is 26.8 Å². The summed E-state index contributed by atoms with van der Waals surface area (Å²) in [5, 5.41) is 16.6. The van der Waals surface area contributed by atoms with Crippen LogP contribution >= 0.6 is 0 Å². The van der Waals surface area contributed by atoms with Gasteiger partial charge in [-0.3, -0.25) is 14.3 Å². The summed E-state index contributed by atoms with van der Waals surface area (Å²) >= 11 is 0. The third-order valence-corrected chi connectivity index (χ3v) is 3.76. The number of para-hydroxylation sites is 1. The molecule has 24 heavy (non-hydrogen) atoms. The zero-order valence-electron chi connectivity index (χ0n) is 14.7. The Balaban J connectivity index is 0.000000648. The third kappa shape index (κ3) is 4.79. The summed E-state index contributed by atoms with van der Waals surface area (Å²) in [5.41, 5.74) is 1.17. The predicted octanol–water partition coefficient (Wildman–Crippen LogP) is 2.06. The summed E-state index contributed by atoms with van der Waals surface area (Å²) in [6.07, 6.45) is 0. The van der Waals surface area contributed by atoms with Crippen molar-refractivity contribution in [1.82, 2.24) is 15.1 Å². The van der Waals surface area contributed by atoms with E-state index in [-0.39, 0.29) is 5.91 Å². The Labute approximate surface area is 141 Å². The molecule has 2 N–H and O–H groups in total. The van der Waals surface area contributed by atoms with Crippen molar-refractivity contribution in [3.8, 4) is 0 Å². The average Bonchev–Trinajstić information content (AvgIpc) is 2.91. The molecule has 1 amide bonds. The van der Waals surface area contributed by atoms with Gasteiger partial charge in [0.15, 0.2) is 5.69 Å². The number of ether oxygens (including phenoxy) is 1. The number of rotatable bonds is 5. The summed E-state index contributed by atoms with van der Waals surface area (Å²) in [5.74, 6) is -1.96. The topological polar surface area (TPSA) is 93.5 Å². The van der Waals surface area contributed by atoms with Crippen molar-refractivity contribution >= 4 is 22.8 Å². The molecule has 1 heterocycles. The molecule has 0 radical (unpaired) electrons. The van der Waals surface area contributed by atoms with E-state index in [0.717, 1.165) is 17.5 Å². The molecule has 2 atom stereocenters. The Morgan fingerprint density at radius 1 is 1.33 bits per heavy atom. The van der Waals surface area contributed by atoms with Crippen LogP contribution in [0.1, 0.15) is 31.3 Å². The Hall–Kier alpha value is -2.41. The molecule has 1 aromatic heterocycles. The number of amides is 1. The molecular weight excluding hydrogens is 310 g/mol. The standard InChI is InChI=1S/C14H17N3O3.C3H8O/c1-8(14(19)20)9(2)15-13(18)12-10-6-4-5-7-11(10)17(3)16-12;1-3-4-2/h4-9H,1-3H3,(H,15,18)(H,19,20);3H2,1-2H3. The molecule has 2 aromatic rings. The molecule has 0 aliphatic carbocycles. The molecular formula is C17H25N3O4. The molecule has 0 saturated carbocycles. The number of carboxylic acids is 1. The van der Waals surface area contributed by atoms with Gasteiger partial charge in [-0.2, -0.15) is 5.10 Å². The van der Waals surface area contributed by atoms with E-state index >= 15 is 0 Å². The number of nitrogens with zero attached hydrogens (tertiary/aromatic N) is 2. The molecule has 0 bridgehead atoms. The van der Waals surface area contributed by atoms with Crippen LogP contribution < -0.4 is 5.32 Å². The number of fused-ring (bicyclic) bond motifs is 1. The lowest BCUT2D eigenvalue weighted by molar-refractivity contribution is -0.141. The number of aromatic nitrogens is 2. The Bertz CT molecular complexity index is 694. The number of aliphatic carboxylic acids is 1. The summed E-state index contributed by atoms with van der Waals surface area (Å²) in [7, 11) is 3.45. The van der Waals surface area contributed by atoms with Crippen molar-refractivity contribution in [2.24, 2.45) is 13.0 Å². The highest BCUT2D eigenvalue weighted by Gasteiger charge is 2.23. The van der Waals surface area contributed by atoms with Gasteiger partial charge in [0.05, 0.1) is 11.4 Å². The third-order valence-electron chi connectivity index (χ3n) is 3.76. The van der Waals surface area contributed by atoms with E-state index in [4.69, 9.17) is 5.11 Å². The van der Waals surface area contributed by atoms with Gasteiger partial charge in [0.2, 0.25) is 0 Å². The molecule has 0 spiro atoms. The van der Waals surface area contributed by atoms with E-state index in [9.17, 15) is 9.59 Å². The van der Waals surface area contributed by atoms with Crippen LogP contribution in [0, 0.1) is 5.92 Å². The Kier molecular flexibility index (Phi) is 7.38. The molecule has 2 unspecified atom stereocenters. The number of carbonyl (C=O) groups is 2. The van der Waals surface area contributed by atoms with E-state index < -0.39 is 17.9 Å². The van der Waals surface area contributed by atoms with Gasteiger partial charge in [0, 0.05) is 32.2 Å². The van der Waals surface area contributed by atoms with E-state index in [1.54, 1.807) is 32.7 Å². The molecule has 0 aliphatic rings. The van der Waals surface area contributed by atoms with Crippen LogP contribution in [0.5, 0.6) is 0 Å². The van der Waals surface area contributed by atoms with Crippen LogP contribution in [-0.4, -0.2) is 46.5 Å². The summed E-state index contributed by atoms with van der Waals surface area (Å²) in [6.45, 7) is 6.01. The smallest absolute Gasteiger partial charge is 0.308 e. The maximum atomic E-state index is 12.2. The highest BCUT2D eigenvalue weighted by Crippen LogP contribution is 2.17. The van der Waals surface area contributed by atoms with Crippen molar-refractivity contribution in [1.29, 1.82) is 0 Å². The molecule has 7 heteroatoms. The molecule has 7 nitrogen and oxygen atoms in total. The number of carboxylic acid groups (broad SMARTS) is 1. The average molecular weight is 335 g/mol. The lowest BCUT2D eigenvalue weighted by atomic mass is 10.0. The van der Waals surface area contributed by atoms with Crippen LogP contribution in [0.15, 0.2) is 24.3 Å². The van der Waals surface area contributed by atoms with Crippen LogP contribution in [0.3, 0.4) is 0 Å². The van der Waals surface area contributed by atoms with E-state index in [1.165, 1.54) is 0 Å². The first-order valence-corrected chi connectivity index (χ1v) is 7.77. The van der Waals surface area contributed by atoms with Crippen LogP contribution in [0.2, 0.25) is 0 Å². The monoisotopic (exact) mass is 335 g/mol. The first kappa shape index (κ1) is 19.6. The maximum absolute atomic E-state index is 12.2. The number of hydrogen-bond donors (Lipinski definition) is 2. The second kappa shape index (κ2) is 9.02. The minimum absolute atomic E-state index is 0.313. The van der Waals surface area contributed by atoms with Crippen molar-refractivity contribution in [3.63, 3.8) is 0 Å². The van der Waals surface area contributed by atoms with Gasteiger partial charge >= 0.3 is 5.97 Å². The Morgan fingerprint density at radius 2 is 1.92 bits per heavy atom. The van der Waals surface area contributed by atoms with Gasteiger partial charge < -0.3 is 15.2 Å². The van der Waals surface area contributed by atoms with Crippen LogP contribution in [0.25, 0.3) is 10.9 Å². The van der Waals surface area contributed by atoms with Gasteiger partial charge in [-0.1, -0.05) is 18.2 Å². The fourth-order valence-electron chi connectivity index (χ4n) is 2.00. The molecule has 132 valence electrons. The highest BCUT2D eigenvalue weighted by atomic mass is 16.5. The lowest BCUT2D eigenvalue weighted by Gasteiger charge is -2.16. The molecule has 0 aliphatic heterocycles. The zero-order valence-corrected chi connectivity index (χ0v) is 14.7. The number of hydrogen-bond acceptors (Lipinski definition) is 4. The number of benzene rings is 1. The fraction of sp³-hybridized carbons (Fsp3) is 0.471. The zero-order chi connectivity index (χ0) is 18.3. The van der Waals surface area contributed by atoms with E-state index in [2.05, 4.69) is 15.2 Å². The highest BCUT2D eigenvalue weighted by molar-refractivity contribution is 6.05. The second-order valence-electron chi connectivity index (χ2n) is 5.46. The number of nitrogens with one attached hydrogen (secondary N) is 1. The van der Waals surface area contributed by atoms with Gasteiger partial charge in [-0.25, -0.2) is 0 Å². The fourth-order valence-corrected chi connectivity index (χ4v) is 2.00. The minimum Gasteiger partial charge on any atom is -0.481 e. The molecule has 1 aromatic carbocycles. The molecule has 0 saturated heterocycles. The van der Waals surface area contributed by atoms with Crippen molar-refractivity contribution in [2.45, 2.75) is 26.8 Å². The van der Waals surface area contributed by atoms with Gasteiger partial charge in [0.25, 0.3) is 5.91 Å². The predicted molar refractivity (Wildman–Crippen MR) is 92.0 cm³/mol. The largest absolute Gasteiger partial charge is 0.481 e.